The number of hydrazone groups is 1. The number of carbonyl (C=O) groups is 1. The van der Waals surface area contributed by atoms with Crippen molar-refractivity contribution >= 4 is 11.6 Å². The van der Waals surface area contributed by atoms with Crippen LogP contribution in [-0.4, -0.2) is 53.8 Å². The van der Waals surface area contributed by atoms with Gasteiger partial charge in [0, 0.05) is 12.1 Å². The summed E-state index contributed by atoms with van der Waals surface area (Å²) in [6.07, 6.45) is -4.73. The molecule has 1 amide bonds. The Morgan fingerprint density at radius 1 is 1.32 bits per heavy atom. The van der Waals surface area contributed by atoms with Crippen LogP contribution < -0.4 is 0 Å². The fourth-order valence-corrected chi connectivity index (χ4v) is 2.50. The molecule has 25 heavy (non-hydrogen) atoms. The van der Waals surface area contributed by atoms with Gasteiger partial charge < -0.3 is 5.11 Å². The Morgan fingerprint density at radius 2 is 2.00 bits per heavy atom. The van der Waals surface area contributed by atoms with Gasteiger partial charge in [-0.15, -0.1) is 5.10 Å². The quantitative estimate of drug-likeness (QED) is 0.889. The normalized spacial score (nSPS) is 20.7. The van der Waals surface area contributed by atoms with Crippen molar-refractivity contribution < 1.29 is 23.1 Å². The molecule has 11 heteroatoms. The number of carbonyl (C=O) groups excluding carboxylic acids is 1. The Kier molecular flexibility index (Phi) is 4.03. The van der Waals surface area contributed by atoms with E-state index in [4.69, 9.17) is 0 Å². The highest BCUT2D eigenvalue weighted by molar-refractivity contribution is 5.89. The molecule has 0 bridgehead atoms. The zero-order valence-electron chi connectivity index (χ0n) is 13.0. The van der Waals surface area contributed by atoms with Crippen LogP contribution in [0.5, 0.6) is 0 Å². The molecular formula is C14H13F3N6O2. The standard InChI is InChI=1S/C14H13F3N6O2/c1-9-7-13(25,14(15,16)17)23(19-9)12(24)6-10-2-4-11(5-3-10)22-8-18-20-21-22/h2-5,8,25H,6-7H2,1H3/t13-/m1/s1. The number of alkyl halides is 3. The van der Waals surface area contributed by atoms with E-state index >= 15 is 0 Å². The molecule has 1 atom stereocenters. The molecule has 8 nitrogen and oxygen atoms in total. The molecule has 0 aliphatic carbocycles. The van der Waals surface area contributed by atoms with Crippen LogP contribution in [0.15, 0.2) is 35.7 Å². The first-order valence-electron chi connectivity index (χ1n) is 7.19. The summed E-state index contributed by atoms with van der Waals surface area (Å²) in [5.74, 6) is -0.952. The number of halogens is 3. The SMILES string of the molecule is CC1=NN(C(=O)Cc2ccc(-n3cnnn3)cc2)[C@](O)(C(F)(F)F)C1. The van der Waals surface area contributed by atoms with Crippen molar-refractivity contribution in [3.8, 4) is 5.69 Å². The number of nitrogens with zero attached hydrogens (tertiary/aromatic N) is 6. The van der Waals surface area contributed by atoms with Crippen molar-refractivity contribution in [1.82, 2.24) is 25.2 Å². The molecule has 1 aliphatic rings. The maximum atomic E-state index is 13.1. The number of hydrogen-bond donors (Lipinski definition) is 1. The van der Waals surface area contributed by atoms with E-state index in [1.165, 1.54) is 17.9 Å². The molecule has 0 saturated heterocycles. The molecule has 1 aromatic heterocycles. The summed E-state index contributed by atoms with van der Waals surface area (Å²) in [4.78, 5) is 12.3. The van der Waals surface area contributed by atoms with Gasteiger partial charge in [0.25, 0.3) is 5.72 Å². The molecule has 2 aromatic rings. The van der Waals surface area contributed by atoms with Gasteiger partial charge in [0.15, 0.2) is 0 Å². The lowest BCUT2D eigenvalue weighted by Gasteiger charge is -2.32. The second-order valence-electron chi connectivity index (χ2n) is 5.63. The summed E-state index contributed by atoms with van der Waals surface area (Å²) in [5, 5.41) is 24.3. The zero-order chi connectivity index (χ0) is 18.2. The van der Waals surface area contributed by atoms with Crippen LogP contribution in [0.3, 0.4) is 0 Å². The molecule has 1 aromatic carbocycles. The van der Waals surface area contributed by atoms with Gasteiger partial charge in [0.1, 0.15) is 6.33 Å². The van der Waals surface area contributed by atoms with Crippen molar-refractivity contribution in [1.29, 1.82) is 0 Å². The molecule has 3 rings (SSSR count). The van der Waals surface area contributed by atoms with Crippen LogP contribution in [0.25, 0.3) is 5.69 Å². The van der Waals surface area contributed by atoms with Gasteiger partial charge in [-0.1, -0.05) is 12.1 Å². The van der Waals surface area contributed by atoms with Crippen LogP contribution in [-0.2, 0) is 11.2 Å². The molecule has 0 spiro atoms. The third-order valence-electron chi connectivity index (χ3n) is 3.72. The summed E-state index contributed by atoms with van der Waals surface area (Å²) in [6, 6.07) is 6.36. The monoisotopic (exact) mass is 354 g/mol. The Hall–Kier alpha value is -2.82. The van der Waals surface area contributed by atoms with E-state index in [0.717, 1.165) is 0 Å². The number of benzene rings is 1. The predicted octanol–water partition coefficient (Wildman–Crippen LogP) is 1.06. The first-order valence-corrected chi connectivity index (χ1v) is 7.19. The molecule has 1 aliphatic heterocycles. The fourth-order valence-electron chi connectivity index (χ4n) is 2.50. The average molecular weight is 354 g/mol. The number of hydrogen-bond acceptors (Lipinski definition) is 6. The molecule has 1 N–H and O–H groups in total. The second kappa shape index (κ2) is 5.92. The van der Waals surface area contributed by atoms with Gasteiger partial charge in [0.05, 0.1) is 12.1 Å². The van der Waals surface area contributed by atoms with E-state index in [-0.39, 0.29) is 17.1 Å². The minimum atomic E-state index is -5.01. The first-order chi connectivity index (χ1) is 11.7. The summed E-state index contributed by atoms with van der Waals surface area (Å²) in [6.45, 7) is 1.32. The number of aromatic nitrogens is 4. The number of tetrazole rings is 1. The van der Waals surface area contributed by atoms with E-state index in [0.29, 0.717) is 11.3 Å². The lowest BCUT2D eigenvalue weighted by Crippen LogP contribution is -2.57. The highest BCUT2D eigenvalue weighted by atomic mass is 19.4. The molecule has 0 saturated carbocycles. The smallest absolute Gasteiger partial charge is 0.362 e. The van der Waals surface area contributed by atoms with E-state index in [9.17, 15) is 23.1 Å². The highest BCUT2D eigenvalue weighted by Gasteiger charge is 2.62. The Labute approximate surface area is 139 Å². The van der Waals surface area contributed by atoms with Gasteiger partial charge in [-0.2, -0.15) is 23.3 Å². The molecule has 2 heterocycles. The Bertz CT molecular complexity index is 803. The minimum absolute atomic E-state index is 0.0298. The predicted molar refractivity (Wildman–Crippen MR) is 78.4 cm³/mol. The largest absolute Gasteiger partial charge is 0.438 e. The van der Waals surface area contributed by atoms with Crippen LogP contribution in [0.1, 0.15) is 18.9 Å². The lowest BCUT2D eigenvalue weighted by atomic mass is 10.1. The van der Waals surface area contributed by atoms with Crippen molar-refractivity contribution in [3.63, 3.8) is 0 Å². The molecule has 0 fully saturated rings. The molecule has 0 unspecified atom stereocenters. The maximum Gasteiger partial charge on any atom is 0.438 e. The lowest BCUT2D eigenvalue weighted by molar-refractivity contribution is -0.302. The van der Waals surface area contributed by atoms with Crippen LogP contribution >= 0.6 is 0 Å². The average Bonchev–Trinajstić information content (AvgIpc) is 3.16. The number of aliphatic hydroxyl groups is 1. The van der Waals surface area contributed by atoms with Gasteiger partial charge in [0.2, 0.25) is 5.91 Å². The Morgan fingerprint density at radius 3 is 2.56 bits per heavy atom. The zero-order valence-corrected chi connectivity index (χ0v) is 13.0. The van der Waals surface area contributed by atoms with Crippen molar-refractivity contribution in [2.75, 3.05) is 0 Å². The van der Waals surface area contributed by atoms with Crippen LogP contribution in [0, 0.1) is 0 Å². The summed E-state index contributed by atoms with van der Waals surface area (Å²) in [7, 11) is 0. The van der Waals surface area contributed by atoms with Gasteiger partial charge in [-0.25, -0.2) is 4.68 Å². The van der Waals surface area contributed by atoms with Crippen LogP contribution in [0.4, 0.5) is 13.2 Å². The molecule has 132 valence electrons. The van der Waals surface area contributed by atoms with Gasteiger partial charge in [-0.3, -0.25) is 4.79 Å². The Balaban J connectivity index is 1.77. The van der Waals surface area contributed by atoms with E-state index in [1.807, 2.05) is 0 Å². The van der Waals surface area contributed by atoms with E-state index in [2.05, 4.69) is 20.6 Å². The van der Waals surface area contributed by atoms with Crippen molar-refractivity contribution in [3.05, 3.63) is 36.2 Å². The summed E-state index contributed by atoms with van der Waals surface area (Å²) in [5.41, 5.74) is -2.18. The third-order valence-corrected chi connectivity index (χ3v) is 3.72. The third kappa shape index (κ3) is 3.09. The second-order valence-corrected chi connectivity index (χ2v) is 5.63. The number of amides is 1. The molecular weight excluding hydrogens is 341 g/mol. The van der Waals surface area contributed by atoms with Crippen molar-refractivity contribution in [2.24, 2.45) is 5.10 Å². The van der Waals surface area contributed by atoms with Crippen LogP contribution in [0.2, 0.25) is 0 Å². The number of rotatable bonds is 3. The van der Waals surface area contributed by atoms with Crippen molar-refractivity contribution in [2.45, 2.75) is 31.7 Å². The molecule has 0 radical (unpaired) electrons. The first kappa shape index (κ1) is 17.0. The van der Waals surface area contributed by atoms with Gasteiger partial charge in [-0.05, 0) is 35.0 Å². The minimum Gasteiger partial charge on any atom is -0.362 e. The van der Waals surface area contributed by atoms with Gasteiger partial charge >= 0.3 is 6.18 Å². The topological polar surface area (TPSA) is 96.5 Å². The van der Waals surface area contributed by atoms with E-state index in [1.54, 1.807) is 24.3 Å². The fraction of sp³-hybridized carbons (Fsp3) is 0.357. The maximum absolute atomic E-state index is 13.1. The summed E-state index contributed by atoms with van der Waals surface area (Å²) < 4.78 is 40.8. The highest BCUT2D eigenvalue weighted by Crippen LogP contribution is 2.40. The summed E-state index contributed by atoms with van der Waals surface area (Å²) >= 11 is 0. The van der Waals surface area contributed by atoms with E-state index < -0.39 is 24.2 Å².